The molecule has 23 heavy (non-hydrogen) atoms. The van der Waals surface area contributed by atoms with Gasteiger partial charge in [-0.1, -0.05) is 32.0 Å². The van der Waals surface area contributed by atoms with Crippen molar-refractivity contribution in [2.75, 3.05) is 0 Å². The van der Waals surface area contributed by atoms with Gasteiger partial charge >= 0.3 is 6.18 Å². The van der Waals surface area contributed by atoms with Gasteiger partial charge in [0.2, 0.25) is 12.0 Å². The third-order valence-corrected chi connectivity index (χ3v) is 3.79. The van der Waals surface area contributed by atoms with Gasteiger partial charge in [0.05, 0.1) is 12.0 Å². The van der Waals surface area contributed by atoms with Gasteiger partial charge in [0.1, 0.15) is 11.8 Å². The van der Waals surface area contributed by atoms with Crippen LogP contribution in [-0.4, -0.2) is 24.2 Å². The lowest BCUT2D eigenvalue weighted by atomic mass is 9.89. The van der Waals surface area contributed by atoms with Crippen LogP contribution in [0.2, 0.25) is 0 Å². The summed E-state index contributed by atoms with van der Waals surface area (Å²) < 4.78 is 44.8. The summed E-state index contributed by atoms with van der Waals surface area (Å²) in [6.45, 7) is 3.42. The van der Waals surface area contributed by atoms with Crippen LogP contribution in [0.4, 0.5) is 13.2 Å². The maximum atomic E-state index is 13.3. The van der Waals surface area contributed by atoms with Gasteiger partial charge in [0, 0.05) is 0 Å². The lowest BCUT2D eigenvalue weighted by Crippen LogP contribution is -2.53. The number of nitrogens with zero attached hydrogens (tertiary/aromatic N) is 1. The average molecular weight is 326 g/mol. The minimum absolute atomic E-state index is 0.0809. The van der Waals surface area contributed by atoms with E-state index in [-0.39, 0.29) is 18.1 Å². The van der Waals surface area contributed by atoms with Crippen molar-refractivity contribution in [2.45, 2.75) is 38.6 Å². The van der Waals surface area contributed by atoms with Crippen molar-refractivity contribution in [2.24, 2.45) is 11.8 Å². The Kier molecular flexibility index (Phi) is 4.83. The summed E-state index contributed by atoms with van der Waals surface area (Å²) >= 11 is 0. The molecule has 1 N–H and O–H groups in total. The third-order valence-electron chi connectivity index (χ3n) is 3.79. The first-order valence-corrected chi connectivity index (χ1v) is 7.25. The molecule has 7 heteroatoms. The fourth-order valence-electron chi connectivity index (χ4n) is 2.48. The zero-order valence-corrected chi connectivity index (χ0v) is 12.7. The number of carbonyl (C=O) groups is 1. The highest BCUT2D eigenvalue weighted by Crippen LogP contribution is 2.38. The first-order valence-electron chi connectivity index (χ1n) is 7.25. The summed E-state index contributed by atoms with van der Waals surface area (Å²) in [4.78, 5) is 12.3. The van der Waals surface area contributed by atoms with Crippen LogP contribution in [-0.2, 0) is 11.2 Å². The van der Waals surface area contributed by atoms with Crippen LogP contribution in [0, 0.1) is 23.2 Å². The van der Waals surface area contributed by atoms with Crippen molar-refractivity contribution in [3.05, 3.63) is 29.8 Å². The number of ether oxygens (including phenoxy) is 1. The van der Waals surface area contributed by atoms with Gasteiger partial charge in [-0.25, -0.2) is 0 Å². The van der Waals surface area contributed by atoms with E-state index in [0.29, 0.717) is 5.56 Å². The number of para-hydroxylation sites is 1. The molecule has 1 aromatic rings. The van der Waals surface area contributed by atoms with Crippen molar-refractivity contribution in [1.29, 1.82) is 5.26 Å². The molecule has 0 bridgehead atoms. The average Bonchev–Trinajstić information content (AvgIpc) is 2.49. The Morgan fingerprint density at radius 2 is 2.04 bits per heavy atom. The molecular weight excluding hydrogens is 309 g/mol. The number of amides is 1. The minimum atomic E-state index is -4.67. The number of hydrogen-bond donors (Lipinski definition) is 1. The van der Waals surface area contributed by atoms with Crippen LogP contribution >= 0.6 is 0 Å². The van der Waals surface area contributed by atoms with Crippen LogP contribution in [0.5, 0.6) is 5.75 Å². The van der Waals surface area contributed by atoms with E-state index < -0.39 is 30.1 Å². The molecular formula is C16H17F3N2O2. The van der Waals surface area contributed by atoms with Gasteiger partial charge in [-0.05, 0) is 24.0 Å². The van der Waals surface area contributed by atoms with Crippen molar-refractivity contribution in [3.63, 3.8) is 0 Å². The number of nitriles is 1. The third kappa shape index (κ3) is 3.76. The quantitative estimate of drug-likeness (QED) is 0.929. The van der Waals surface area contributed by atoms with E-state index in [9.17, 15) is 18.0 Å². The minimum Gasteiger partial charge on any atom is -0.480 e. The van der Waals surface area contributed by atoms with Crippen LogP contribution in [0.1, 0.15) is 19.4 Å². The zero-order valence-electron chi connectivity index (χ0n) is 12.7. The van der Waals surface area contributed by atoms with Gasteiger partial charge in [0.25, 0.3) is 0 Å². The first-order chi connectivity index (χ1) is 10.7. The molecule has 0 saturated carbocycles. The Hall–Kier alpha value is -2.23. The van der Waals surface area contributed by atoms with Gasteiger partial charge in [0.15, 0.2) is 0 Å². The second kappa shape index (κ2) is 6.49. The Bertz CT molecular complexity index is 622. The Morgan fingerprint density at radius 3 is 2.61 bits per heavy atom. The van der Waals surface area contributed by atoms with E-state index in [0.717, 1.165) is 0 Å². The standard InChI is InChI=1S/C16H17F3N2O2/c1-9(2)12(8-20)21-15(22)11-7-10-5-3-4-6-13(10)23-14(11)16(17,18)19/h3-6,9,11-12,14H,7H2,1-2H3,(H,21,22)/t11-,12-,14-/m1/s1. The molecule has 1 heterocycles. The molecule has 0 fully saturated rings. The Morgan fingerprint density at radius 1 is 1.39 bits per heavy atom. The molecule has 0 spiro atoms. The Balaban J connectivity index is 2.27. The molecule has 1 aromatic carbocycles. The highest BCUT2D eigenvalue weighted by molar-refractivity contribution is 5.81. The number of halogens is 3. The molecule has 1 aliphatic rings. The summed E-state index contributed by atoms with van der Waals surface area (Å²) in [5.41, 5.74) is 0.547. The molecule has 0 saturated heterocycles. The molecule has 1 amide bonds. The molecule has 2 rings (SSSR count). The fourth-order valence-corrected chi connectivity index (χ4v) is 2.48. The number of nitrogens with one attached hydrogen (secondary N) is 1. The van der Waals surface area contributed by atoms with Crippen LogP contribution in [0.3, 0.4) is 0 Å². The van der Waals surface area contributed by atoms with Crippen molar-refractivity contribution in [1.82, 2.24) is 5.32 Å². The van der Waals surface area contributed by atoms with E-state index in [2.05, 4.69) is 5.32 Å². The number of rotatable bonds is 3. The molecule has 0 aromatic heterocycles. The topological polar surface area (TPSA) is 62.1 Å². The highest BCUT2D eigenvalue weighted by Gasteiger charge is 2.52. The number of carbonyl (C=O) groups excluding carboxylic acids is 1. The maximum absolute atomic E-state index is 13.3. The summed E-state index contributed by atoms with van der Waals surface area (Å²) in [7, 11) is 0. The van der Waals surface area contributed by atoms with E-state index >= 15 is 0 Å². The molecule has 3 atom stereocenters. The number of fused-ring (bicyclic) bond motifs is 1. The van der Waals surface area contributed by atoms with Gasteiger partial charge in [-0.3, -0.25) is 4.79 Å². The zero-order chi connectivity index (χ0) is 17.2. The molecule has 124 valence electrons. The van der Waals surface area contributed by atoms with Crippen LogP contribution < -0.4 is 10.1 Å². The molecule has 4 nitrogen and oxygen atoms in total. The summed E-state index contributed by atoms with van der Waals surface area (Å²) in [5, 5.41) is 11.4. The van der Waals surface area contributed by atoms with E-state index in [4.69, 9.17) is 10.00 Å². The van der Waals surface area contributed by atoms with Gasteiger partial charge < -0.3 is 10.1 Å². The van der Waals surface area contributed by atoms with Crippen LogP contribution in [0.15, 0.2) is 24.3 Å². The van der Waals surface area contributed by atoms with Crippen LogP contribution in [0.25, 0.3) is 0 Å². The Labute approximate surface area is 132 Å². The number of hydrogen-bond acceptors (Lipinski definition) is 3. The number of benzene rings is 1. The fraction of sp³-hybridized carbons (Fsp3) is 0.500. The number of alkyl halides is 3. The maximum Gasteiger partial charge on any atom is 0.426 e. The largest absolute Gasteiger partial charge is 0.480 e. The summed E-state index contributed by atoms with van der Waals surface area (Å²) in [6.07, 6.45) is -6.97. The van der Waals surface area contributed by atoms with Crippen molar-refractivity contribution < 1.29 is 22.7 Å². The first kappa shape index (κ1) is 17.1. The van der Waals surface area contributed by atoms with Gasteiger partial charge in [-0.15, -0.1) is 0 Å². The van der Waals surface area contributed by atoms with Crippen molar-refractivity contribution in [3.8, 4) is 11.8 Å². The normalized spacial score (nSPS) is 21.8. The SMILES string of the molecule is CC(C)[C@@H](C#N)NC(=O)[C@@H]1Cc2ccccc2O[C@H]1C(F)(F)F. The van der Waals surface area contributed by atoms with Gasteiger partial charge in [-0.2, -0.15) is 18.4 Å². The highest BCUT2D eigenvalue weighted by atomic mass is 19.4. The predicted octanol–water partition coefficient (Wildman–Crippen LogP) is 2.83. The molecule has 0 radical (unpaired) electrons. The molecule has 0 unspecified atom stereocenters. The lowest BCUT2D eigenvalue weighted by molar-refractivity contribution is -0.213. The van der Waals surface area contributed by atoms with E-state index in [1.807, 2.05) is 6.07 Å². The summed E-state index contributed by atoms with van der Waals surface area (Å²) in [5.74, 6) is -2.30. The smallest absolute Gasteiger partial charge is 0.426 e. The van der Waals surface area contributed by atoms with Crippen molar-refractivity contribution >= 4 is 5.91 Å². The van der Waals surface area contributed by atoms with E-state index in [1.54, 1.807) is 32.0 Å². The molecule has 0 aliphatic carbocycles. The second-order valence-electron chi connectivity index (χ2n) is 5.86. The monoisotopic (exact) mass is 326 g/mol. The summed E-state index contributed by atoms with van der Waals surface area (Å²) in [6, 6.07) is 7.39. The second-order valence-corrected chi connectivity index (χ2v) is 5.86. The van der Waals surface area contributed by atoms with E-state index in [1.165, 1.54) is 6.07 Å². The lowest BCUT2D eigenvalue weighted by Gasteiger charge is -2.34. The predicted molar refractivity (Wildman–Crippen MR) is 76.5 cm³/mol. The molecule has 1 aliphatic heterocycles.